The molecule has 4 aromatic rings. The van der Waals surface area contributed by atoms with Gasteiger partial charge in [0.1, 0.15) is 17.1 Å². The van der Waals surface area contributed by atoms with Crippen LogP contribution in [-0.4, -0.2) is 48.6 Å². The van der Waals surface area contributed by atoms with Crippen molar-refractivity contribution < 1.29 is 22.7 Å². The van der Waals surface area contributed by atoms with Crippen LogP contribution in [0.4, 0.5) is 24.5 Å². The molecule has 1 aliphatic rings. The van der Waals surface area contributed by atoms with Crippen LogP contribution in [-0.2, 0) is 19.1 Å². The number of pyridine rings is 1. The number of benzene rings is 2. The van der Waals surface area contributed by atoms with Crippen molar-refractivity contribution >= 4 is 22.9 Å². The summed E-state index contributed by atoms with van der Waals surface area (Å²) in [5.41, 5.74) is 2.51. The SMILES string of the molecule is CCc1nc2c(C(F)(F)F)cccn2c1C(=O)NCc1ccc(N2CCN(c3ccc(OC)cc3)CC2)cc1. The van der Waals surface area contributed by atoms with Crippen LogP contribution in [0.2, 0.25) is 0 Å². The number of anilines is 2. The molecule has 2 aromatic heterocycles. The number of piperazine rings is 1. The summed E-state index contributed by atoms with van der Waals surface area (Å²) in [4.78, 5) is 21.9. The predicted octanol–water partition coefficient (Wildman–Crippen LogP) is 5.18. The number of carbonyl (C=O) groups excluding carboxylic acids is 1. The molecule has 1 saturated heterocycles. The summed E-state index contributed by atoms with van der Waals surface area (Å²) < 4.78 is 46.8. The minimum atomic E-state index is -4.56. The Labute approximate surface area is 224 Å². The van der Waals surface area contributed by atoms with E-state index in [4.69, 9.17) is 4.74 Å². The molecule has 204 valence electrons. The second kappa shape index (κ2) is 10.9. The zero-order valence-corrected chi connectivity index (χ0v) is 21.8. The Kier molecular flexibility index (Phi) is 7.36. The number of ether oxygens (including phenoxy) is 1. The lowest BCUT2D eigenvalue weighted by atomic mass is 10.1. The van der Waals surface area contributed by atoms with Crippen molar-refractivity contribution in [1.29, 1.82) is 0 Å². The van der Waals surface area contributed by atoms with Crippen molar-refractivity contribution in [2.75, 3.05) is 43.1 Å². The summed E-state index contributed by atoms with van der Waals surface area (Å²) in [6.07, 6.45) is -2.78. The van der Waals surface area contributed by atoms with Gasteiger partial charge in [0.25, 0.3) is 5.91 Å². The van der Waals surface area contributed by atoms with Crippen LogP contribution in [0.15, 0.2) is 66.9 Å². The Morgan fingerprint density at radius 3 is 2.08 bits per heavy atom. The molecule has 5 rings (SSSR count). The number of aromatic nitrogens is 2. The molecule has 10 heteroatoms. The first-order valence-electron chi connectivity index (χ1n) is 12.9. The van der Waals surface area contributed by atoms with Crippen molar-refractivity contribution in [2.24, 2.45) is 0 Å². The van der Waals surface area contributed by atoms with Gasteiger partial charge >= 0.3 is 6.18 Å². The maximum Gasteiger partial charge on any atom is 0.419 e. The maximum absolute atomic E-state index is 13.5. The van der Waals surface area contributed by atoms with Crippen molar-refractivity contribution in [1.82, 2.24) is 14.7 Å². The Morgan fingerprint density at radius 1 is 0.949 bits per heavy atom. The number of hydrogen-bond acceptors (Lipinski definition) is 5. The predicted molar refractivity (Wildman–Crippen MR) is 145 cm³/mol. The molecule has 0 saturated carbocycles. The second-order valence-electron chi connectivity index (χ2n) is 9.40. The quantitative estimate of drug-likeness (QED) is 0.352. The number of rotatable bonds is 7. The summed E-state index contributed by atoms with van der Waals surface area (Å²) in [5, 5.41) is 2.85. The van der Waals surface area contributed by atoms with Gasteiger partial charge in [-0.15, -0.1) is 0 Å². The lowest BCUT2D eigenvalue weighted by Crippen LogP contribution is -2.46. The molecule has 39 heavy (non-hydrogen) atoms. The fourth-order valence-corrected chi connectivity index (χ4v) is 4.93. The number of methoxy groups -OCH3 is 1. The fourth-order valence-electron chi connectivity index (χ4n) is 4.93. The summed E-state index contributed by atoms with van der Waals surface area (Å²) >= 11 is 0. The van der Waals surface area contributed by atoms with Gasteiger partial charge in [-0.05, 0) is 60.5 Å². The highest BCUT2D eigenvalue weighted by molar-refractivity contribution is 5.95. The van der Waals surface area contributed by atoms with Gasteiger partial charge in [0.2, 0.25) is 0 Å². The largest absolute Gasteiger partial charge is 0.497 e. The number of nitrogens with one attached hydrogen (secondary N) is 1. The zero-order valence-electron chi connectivity index (χ0n) is 21.8. The second-order valence-corrected chi connectivity index (χ2v) is 9.40. The Bertz CT molecular complexity index is 1440. The van der Waals surface area contributed by atoms with Gasteiger partial charge < -0.3 is 19.9 Å². The van der Waals surface area contributed by atoms with Crippen molar-refractivity contribution in [3.8, 4) is 5.75 Å². The summed E-state index contributed by atoms with van der Waals surface area (Å²) in [6.45, 7) is 5.59. The number of nitrogens with zero attached hydrogens (tertiary/aromatic N) is 4. The average molecular weight is 538 g/mol. The minimum absolute atomic E-state index is 0.130. The number of halogens is 3. The topological polar surface area (TPSA) is 62.1 Å². The molecule has 0 bridgehead atoms. The summed E-state index contributed by atoms with van der Waals surface area (Å²) in [6, 6.07) is 18.3. The minimum Gasteiger partial charge on any atom is -0.497 e. The van der Waals surface area contributed by atoms with Crippen LogP contribution in [0.25, 0.3) is 5.65 Å². The Morgan fingerprint density at radius 2 is 1.54 bits per heavy atom. The van der Waals surface area contributed by atoms with Crippen LogP contribution >= 0.6 is 0 Å². The number of amides is 1. The van der Waals surface area contributed by atoms with E-state index in [1.54, 1.807) is 14.0 Å². The van der Waals surface area contributed by atoms with Gasteiger partial charge in [0.05, 0.1) is 18.4 Å². The molecule has 1 fully saturated rings. The van der Waals surface area contributed by atoms with E-state index in [9.17, 15) is 18.0 Å². The molecule has 1 aliphatic heterocycles. The first-order valence-corrected chi connectivity index (χ1v) is 12.9. The van der Waals surface area contributed by atoms with E-state index in [0.717, 1.165) is 49.2 Å². The van der Waals surface area contributed by atoms with E-state index in [-0.39, 0.29) is 17.9 Å². The number of aryl methyl sites for hydroxylation is 1. The van der Waals surface area contributed by atoms with Gasteiger partial charge in [-0.25, -0.2) is 4.98 Å². The Hall–Kier alpha value is -4.21. The number of imidazole rings is 1. The standard InChI is InChI=1S/C29H30F3N5O2/c1-3-25-26(37-14-4-5-24(27(37)34-25)29(30,31)32)28(38)33-19-20-6-8-21(9-7-20)35-15-17-36(18-16-35)22-10-12-23(39-2)13-11-22/h4-14H,3,15-19H2,1-2H3,(H,33,38). The van der Waals surface area contributed by atoms with Gasteiger partial charge in [0.15, 0.2) is 0 Å². The van der Waals surface area contributed by atoms with E-state index in [0.29, 0.717) is 12.1 Å². The molecular formula is C29H30F3N5O2. The van der Waals surface area contributed by atoms with E-state index < -0.39 is 17.6 Å². The molecule has 0 atom stereocenters. The van der Waals surface area contributed by atoms with E-state index in [1.165, 1.54) is 22.4 Å². The lowest BCUT2D eigenvalue weighted by molar-refractivity contribution is -0.136. The molecule has 7 nitrogen and oxygen atoms in total. The van der Waals surface area contributed by atoms with Gasteiger partial charge in [-0.1, -0.05) is 19.1 Å². The average Bonchev–Trinajstić information content (AvgIpc) is 3.35. The first-order chi connectivity index (χ1) is 18.8. The van der Waals surface area contributed by atoms with Crippen LogP contribution in [0.3, 0.4) is 0 Å². The zero-order chi connectivity index (χ0) is 27.6. The van der Waals surface area contributed by atoms with Crippen molar-refractivity contribution in [3.05, 3.63) is 89.4 Å². The van der Waals surface area contributed by atoms with E-state index >= 15 is 0 Å². The Balaban J connectivity index is 1.21. The third-order valence-electron chi connectivity index (χ3n) is 7.05. The molecule has 3 heterocycles. The maximum atomic E-state index is 13.5. The molecule has 0 spiro atoms. The highest BCUT2D eigenvalue weighted by Gasteiger charge is 2.35. The number of fused-ring (bicyclic) bond motifs is 1. The van der Waals surface area contributed by atoms with Crippen LogP contribution in [0, 0.1) is 0 Å². The molecule has 0 aliphatic carbocycles. The molecular weight excluding hydrogens is 507 g/mol. The third kappa shape index (κ3) is 5.50. The molecule has 0 unspecified atom stereocenters. The number of carbonyl (C=O) groups is 1. The van der Waals surface area contributed by atoms with E-state index in [2.05, 4.69) is 32.2 Å². The summed E-state index contributed by atoms with van der Waals surface area (Å²) in [5.74, 6) is 0.381. The molecule has 1 amide bonds. The highest BCUT2D eigenvalue weighted by atomic mass is 19.4. The monoisotopic (exact) mass is 537 g/mol. The number of hydrogen-bond donors (Lipinski definition) is 1. The third-order valence-corrected chi connectivity index (χ3v) is 7.05. The van der Waals surface area contributed by atoms with Gasteiger partial charge in [-0.3, -0.25) is 9.20 Å². The fraction of sp³-hybridized carbons (Fsp3) is 0.310. The molecule has 0 radical (unpaired) electrons. The van der Waals surface area contributed by atoms with Crippen LogP contribution < -0.4 is 19.9 Å². The van der Waals surface area contributed by atoms with Crippen molar-refractivity contribution in [3.63, 3.8) is 0 Å². The van der Waals surface area contributed by atoms with Gasteiger partial charge in [0, 0.05) is 50.3 Å². The smallest absolute Gasteiger partial charge is 0.419 e. The van der Waals surface area contributed by atoms with Gasteiger partial charge in [-0.2, -0.15) is 13.2 Å². The van der Waals surface area contributed by atoms with Crippen molar-refractivity contribution in [2.45, 2.75) is 26.1 Å². The van der Waals surface area contributed by atoms with Crippen LogP contribution in [0.1, 0.15) is 34.2 Å². The normalized spacial score (nSPS) is 14.1. The van der Waals surface area contributed by atoms with Crippen LogP contribution in [0.5, 0.6) is 5.75 Å². The summed E-state index contributed by atoms with van der Waals surface area (Å²) in [7, 11) is 1.66. The first kappa shape index (κ1) is 26.4. The van der Waals surface area contributed by atoms with E-state index in [1.807, 2.05) is 36.4 Å². The lowest BCUT2D eigenvalue weighted by Gasteiger charge is -2.37. The highest BCUT2D eigenvalue weighted by Crippen LogP contribution is 2.33. The number of alkyl halides is 3. The molecule has 1 N–H and O–H groups in total. The molecule has 2 aromatic carbocycles.